The second kappa shape index (κ2) is 9.04. The maximum atomic E-state index is 13.0. The Hall–Kier alpha value is -2.60. The van der Waals surface area contributed by atoms with E-state index in [1.807, 2.05) is 0 Å². The molecule has 0 aliphatic carbocycles. The van der Waals surface area contributed by atoms with Gasteiger partial charge in [-0.05, 0) is 40.2 Å². The Kier molecular flexibility index (Phi) is 7.14. The van der Waals surface area contributed by atoms with Crippen molar-refractivity contribution in [2.75, 3.05) is 19.9 Å². The number of benzene rings is 1. The lowest BCUT2D eigenvalue weighted by molar-refractivity contribution is -0.139. The van der Waals surface area contributed by atoms with Crippen LogP contribution in [0.1, 0.15) is 5.76 Å². The van der Waals surface area contributed by atoms with Crippen LogP contribution in [-0.2, 0) is 19.4 Å². The molecule has 1 heterocycles. The van der Waals surface area contributed by atoms with Crippen molar-refractivity contribution in [3.63, 3.8) is 0 Å². The van der Waals surface area contributed by atoms with Crippen molar-refractivity contribution in [2.45, 2.75) is 11.1 Å². The van der Waals surface area contributed by atoms with Gasteiger partial charge in [0.05, 0.1) is 22.2 Å². The molecular formula is C18H16BrF3N2O5S. The van der Waals surface area contributed by atoms with Gasteiger partial charge in [0.1, 0.15) is 12.3 Å². The van der Waals surface area contributed by atoms with Crippen molar-refractivity contribution in [1.29, 1.82) is 5.41 Å². The normalized spacial score (nSPS) is 12.9. The first kappa shape index (κ1) is 23.7. The molecule has 0 saturated heterocycles. The van der Waals surface area contributed by atoms with Crippen LogP contribution >= 0.6 is 15.9 Å². The molecule has 0 aliphatic heterocycles. The molecule has 2 rings (SSSR count). The van der Waals surface area contributed by atoms with Crippen LogP contribution in [0.5, 0.6) is 0 Å². The van der Waals surface area contributed by atoms with E-state index < -0.39 is 38.7 Å². The van der Waals surface area contributed by atoms with Crippen molar-refractivity contribution in [1.82, 2.24) is 5.32 Å². The SMILES string of the molecule is COC(=O)CN/C(=C(/Br)C(=N)C(F)(F)F)c1ccc(-c2cccc(S(C)(=O)=O)c2)o1. The third kappa shape index (κ3) is 5.72. The minimum atomic E-state index is -4.95. The monoisotopic (exact) mass is 508 g/mol. The lowest BCUT2D eigenvalue weighted by Crippen LogP contribution is -2.27. The summed E-state index contributed by atoms with van der Waals surface area (Å²) >= 11 is 2.74. The van der Waals surface area contributed by atoms with Crippen LogP contribution in [0.15, 0.2) is 50.2 Å². The summed E-state index contributed by atoms with van der Waals surface area (Å²) in [6, 6.07) is 8.56. The number of esters is 1. The average molecular weight is 509 g/mol. The zero-order chi connectivity index (χ0) is 22.7. The van der Waals surface area contributed by atoms with E-state index in [1.54, 1.807) is 6.07 Å². The molecule has 12 heteroatoms. The number of hydrogen-bond donors (Lipinski definition) is 2. The molecule has 0 bridgehead atoms. The first-order valence-corrected chi connectivity index (χ1v) is 10.8. The van der Waals surface area contributed by atoms with E-state index in [0.29, 0.717) is 5.56 Å². The molecule has 0 fully saturated rings. The molecular weight excluding hydrogens is 493 g/mol. The van der Waals surface area contributed by atoms with Gasteiger partial charge in [-0.1, -0.05) is 12.1 Å². The number of methoxy groups -OCH3 is 1. The second-order valence-corrected chi connectivity index (χ2v) is 8.76. The van der Waals surface area contributed by atoms with Gasteiger partial charge in [-0.25, -0.2) is 8.42 Å². The lowest BCUT2D eigenvalue weighted by Gasteiger charge is -2.14. The minimum Gasteiger partial charge on any atom is -0.468 e. The summed E-state index contributed by atoms with van der Waals surface area (Å²) in [6.45, 7) is -0.480. The maximum Gasteiger partial charge on any atom is 0.433 e. The number of hydrogen-bond acceptors (Lipinski definition) is 7. The number of alkyl halides is 3. The summed E-state index contributed by atoms with van der Waals surface area (Å²) in [6.07, 6.45) is -3.91. The Morgan fingerprint density at radius 1 is 1.27 bits per heavy atom. The second-order valence-electron chi connectivity index (χ2n) is 5.96. The van der Waals surface area contributed by atoms with Gasteiger partial charge in [-0.3, -0.25) is 10.2 Å². The first-order chi connectivity index (χ1) is 13.8. The van der Waals surface area contributed by atoms with E-state index in [4.69, 9.17) is 9.83 Å². The van der Waals surface area contributed by atoms with Crippen molar-refractivity contribution in [2.24, 2.45) is 0 Å². The Balaban J connectivity index is 2.50. The predicted molar refractivity (Wildman–Crippen MR) is 107 cm³/mol. The van der Waals surface area contributed by atoms with Gasteiger partial charge in [0, 0.05) is 11.8 Å². The van der Waals surface area contributed by atoms with Gasteiger partial charge in [0.15, 0.2) is 21.3 Å². The number of nitrogens with one attached hydrogen (secondary N) is 2. The van der Waals surface area contributed by atoms with Gasteiger partial charge >= 0.3 is 12.1 Å². The molecule has 30 heavy (non-hydrogen) atoms. The largest absolute Gasteiger partial charge is 0.468 e. The molecule has 0 saturated carbocycles. The van der Waals surface area contributed by atoms with E-state index in [9.17, 15) is 26.4 Å². The van der Waals surface area contributed by atoms with Crippen LogP contribution < -0.4 is 5.32 Å². The van der Waals surface area contributed by atoms with E-state index in [0.717, 1.165) is 13.4 Å². The highest BCUT2D eigenvalue weighted by Gasteiger charge is 2.38. The smallest absolute Gasteiger partial charge is 0.433 e. The summed E-state index contributed by atoms with van der Waals surface area (Å²) < 4.78 is 71.8. The molecule has 7 nitrogen and oxygen atoms in total. The number of carbonyl (C=O) groups is 1. The van der Waals surface area contributed by atoms with Gasteiger partial charge in [0.25, 0.3) is 0 Å². The minimum absolute atomic E-state index is 0.0394. The number of allylic oxidation sites excluding steroid dienone is 1. The Morgan fingerprint density at radius 2 is 1.93 bits per heavy atom. The van der Waals surface area contributed by atoms with Gasteiger partial charge in [0.2, 0.25) is 0 Å². The molecule has 0 unspecified atom stereocenters. The molecule has 0 atom stereocenters. The fourth-order valence-corrected chi connectivity index (χ4v) is 3.49. The van der Waals surface area contributed by atoms with Crippen LogP contribution in [0.4, 0.5) is 13.2 Å². The number of rotatable bonds is 7. The van der Waals surface area contributed by atoms with E-state index >= 15 is 0 Å². The van der Waals surface area contributed by atoms with Crippen molar-refractivity contribution < 1.29 is 35.5 Å². The van der Waals surface area contributed by atoms with Crippen molar-refractivity contribution >= 4 is 43.1 Å². The summed E-state index contributed by atoms with van der Waals surface area (Å²) in [4.78, 5) is 11.4. The molecule has 0 aliphatic rings. The van der Waals surface area contributed by atoms with Crippen LogP contribution in [0.2, 0.25) is 0 Å². The van der Waals surface area contributed by atoms with Crippen LogP contribution in [0.25, 0.3) is 17.0 Å². The predicted octanol–water partition coefficient (Wildman–Crippen LogP) is 3.76. The molecule has 162 valence electrons. The topological polar surface area (TPSA) is 109 Å². The number of sulfone groups is 1. The fourth-order valence-electron chi connectivity index (χ4n) is 2.26. The van der Waals surface area contributed by atoms with Gasteiger partial charge in [-0.15, -0.1) is 0 Å². The van der Waals surface area contributed by atoms with Crippen molar-refractivity contribution in [3.8, 4) is 11.3 Å². The summed E-state index contributed by atoms with van der Waals surface area (Å²) in [5.74, 6) is -0.690. The molecule has 1 aromatic heterocycles. The van der Waals surface area contributed by atoms with Gasteiger partial charge in [-0.2, -0.15) is 13.2 Å². The highest BCUT2D eigenvalue weighted by Crippen LogP contribution is 2.32. The van der Waals surface area contributed by atoms with Crippen LogP contribution in [0, 0.1) is 5.41 Å². The molecule has 0 spiro atoms. The standard InChI is InChI=1S/C18H16BrF3N2O5S/c1-28-14(25)9-24-16(15(19)17(23)18(20,21)22)13-7-6-12(29-13)10-4-3-5-11(8-10)30(2,26)27/h3-8,23-24H,9H2,1-2H3/b16-15+,23-17?. The van der Waals surface area contributed by atoms with Gasteiger partial charge < -0.3 is 14.5 Å². The highest BCUT2D eigenvalue weighted by molar-refractivity contribution is 9.12. The number of halogens is 4. The highest BCUT2D eigenvalue weighted by atomic mass is 79.9. The van der Waals surface area contributed by atoms with Crippen LogP contribution in [-0.4, -0.2) is 46.2 Å². The number of carbonyl (C=O) groups excluding carboxylic acids is 1. The van der Waals surface area contributed by atoms with E-state index in [1.165, 1.54) is 30.3 Å². The Bertz CT molecular complexity index is 1110. The maximum absolute atomic E-state index is 13.0. The molecule has 0 amide bonds. The number of ether oxygens (including phenoxy) is 1. The average Bonchev–Trinajstić information content (AvgIpc) is 3.15. The van der Waals surface area contributed by atoms with E-state index in [-0.39, 0.29) is 22.1 Å². The Labute approximate surface area is 178 Å². The quantitative estimate of drug-likeness (QED) is 0.435. The third-order valence-electron chi connectivity index (χ3n) is 3.76. The Morgan fingerprint density at radius 3 is 2.50 bits per heavy atom. The molecule has 1 aromatic carbocycles. The summed E-state index contributed by atoms with van der Waals surface area (Å²) in [5, 5.41) is 9.80. The summed E-state index contributed by atoms with van der Waals surface area (Å²) in [5.41, 5.74) is -1.61. The van der Waals surface area contributed by atoms with Crippen molar-refractivity contribution in [3.05, 3.63) is 46.6 Å². The molecule has 2 N–H and O–H groups in total. The first-order valence-electron chi connectivity index (χ1n) is 8.12. The third-order valence-corrected chi connectivity index (χ3v) is 5.66. The number of furan rings is 1. The zero-order valence-electron chi connectivity index (χ0n) is 15.6. The van der Waals surface area contributed by atoms with E-state index in [2.05, 4.69) is 26.0 Å². The lowest BCUT2D eigenvalue weighted by atomic mass is 10.2. The van der Waals surface area contributed by atoms with Crippen LogP contribution in [0.3, 0.4) is 0 Å². The zero-order valence-corrected chi connectivity index (χ0v) is 18.0. The fraction of sp³-hybridized carbons (Fsp3) is 0.222. The summed E-state index contributed by atoms with van der Waals surface area (Å²) in [7, 11) is -2.37. The molecule has 2 aromatic rings. The molecule has 0 radical (unpaired) electrons.